The van der Waals surface area contributed by atoms with Crippen LogP contribution in [0.15, 0.2) is 39.9 Å². The summed E-state index contributed by atoms with van der Waals surface area (Å²) in [5.74, 6) is 0.158. The fourth-order valence-corrected chi connectivity index (χ4v) is 1.83. The van der Waals surface area contributed by atoms with Crippen LogP contribution in [0.5, 0.6) is 5.75 Å². The molecule has 4 heteroatoms. The molecule has 0 fully saturated rings. The van der Waals surface area contributed by atoms with Gasteiger partial charge in [-0.05, 0) is 19.4 Å². The molecule has 0 heterocycles. The average molecular weight is 245 g/mol. The lowest BCUT2D eigenvalue weighted by atomic mass is 10.1. The number of anilines is 1. The summed E-state index contributed by atoms with van der Waals surface area (Å²) < 4.78 is 5.16. The van der Waals surface area contributed by atoms with Crippen molar-refractivity contribution in [2.45, 2.75) is 19.9 Å². The van der Waals surface area contributed by atoms with Gasteiger partial charge in [0.1, 0.15) is 5.69 Å². The number of benzene rings is 1. The monoisotopic (exact) mass is 245 g/mol. The van der Waals surface area contributed by atoms with Gasteiger partial charge in [0.2, 0.25) is 0 Å². The second-order valence-corrected chi connectivity index (χ2v) is 4.07. The highest BCUT2D eigenvalue weighted by atomic mass is 16.5. The standard InChI is InChI=1S/C14H15NO3/c1-3-18-14-11(12(16)13(14)17)15-9(2)10-7-5-4-6-8-10/h4-9,15H,3H2,1-2H3/t9-/m1/s1. The topological polar surface area (TPSA) is 55.4 Å². The Morgan fingerprint density at radius 3 is 2.44 bits per heavy atom. The summed E-state index contributed by atoms with van der Waals surface area (Å²) in [6.45, 7) is 4.09. The van der Waals surface area contributed by atoms with E-state index in [1.54, 1.807) is 6.92 Å². The summed E-state index contributed by atoms with van der Waals surface area (Å²) in [4.78, 5) is 22.8. The van der Waals surface area contributed by atoms with Gasteiger partial charge in [0, 0.05) is 6.04 Å². The molecule has 0 unspecified atom stereocenters. The summed E-state index contributed by atoms with van der Waals surface area (Å²) in [6, 6.07) is 9.67. The Balaban J connectivity index is 2.18. The lowest BCUT2D eigenvalue weighted by Gasteiger charge is -2.18. The molecule has 0 aliphatic carbocycles. The van der Waals surface area contributed by atoms with Crippen LogP contribution < -0.4 is 20.9 Å². The van der Waals surface area contributed by atoms with E-state index in [1.165, 1.54) is 0 Å². The summed E-state index contributed by atoms with van der Waals surface area (Å²) in [5, 5.41) is 3.03. The van der Waals surface area contributed by atoms with Crippen molar-refractivity contribution < 1.29 is 4.74 Å². The first kappa shape index (κ1) is 12.4. The van der Waals surface area contributed by atoms with Crippen molar-refractivity contribution in [3.05, 3.63) is 56.3 Å². The van der Waals surface area contributed by atoms with E-state index in [4.69, 9.17) is 4.74 Å². The number of nitrogens with one attached hydrogen (secondary N) is 1. The van der Waals surface area contributed by atoms with Gasteiger partial charge < -0.3 is 10.1 Å². The fraction of sp³-hybridized carbons (Fsp3) is 0.286. The largest absolute Gasteiger partial charge is 0.488 e. The van der Waals surface area contributed by atoms with Crippen LogP contribution in [0, 0.1) is 0 Å². The number of hydrogen-bond donors (Lipinski definition) is 1. The van der Waals surface area contributed by atoms with Gasteiger partial charge in [-0.3, -0.25) is 9.59 Å². The zero-order chi connectivity index (χ0) is 13.1. The van der Waals surface area contributed by atoms with Gasteiger partial charge in [-0.2, -0.15) is 0 Å². The molecule has 2 aromatic rings. The third kappa shape index (κ3) is 2.14. The van der Waals surface area contributed by atoms with Crippen LogP contribution in [0.25, 0.3) is 0 Å². The molecule has 0 saturated carbocycles. The highest BCUT2D eigenvalue weighted by molar-refractivity contribution is 5.62. The van der Waals surface area contributed by atoms with Gasteiger partial charge in [-0.1, -0.05) is 30.3 Å². The van der Waals surface area contributed by atoms with E-state index in [-0.39, 0.29) is 11.8 Å². The van der Waals surface area contributed by atoms with Crippen molar-refractivity contribution >= 4 is 5.69 Å². The van der Waals surface area contributed by atoms with E-state index in [1.807, 2.05) is 37.3 Å². The third-order valence-corrected chi connectivity index (χ3v) is 2.82. The van der Waals surface area contributed by atoms with Gasteiger partial charge in [-0.15, -0.1) is 0 Å². The first-order valence-electron chi connectivity index (χ1n) is 5.92. The third-order valence-electron chi connectivity index (χ3n) is 2.82. The van der Waals surface area contributed by atoms with Crippen LogP contribution in [-0.4, -0.2) is 6.61 Å². The molecule has 94 valence electrons. The zero-order valence-electron chi connectivity index (χ0n) is 10.4. The molecule has 4 nitrogen and oxygen atoms in total. The van der Waals surface area contributed by atoms with Crippen molar-refractivity contribution in [1.29, 1.82) is 0 Å². The molecule has 0 bridgehead atoms. The molecule has 2 aromatic carbocycles. The first-order valence-corrected chi connectivity index (χ1v) is 5.92. The highest BCUT2D eigenvalue weighted by Gasteiger charge is 2.23. The van der Waals surface area contributed by atoms with E-state index < -0.39 is 10.9 Å². The molecule has 0 radical (unpaired) electrons. The van der Waals surface area contributed by atoms with Crippen molar-refractivity contribution in [1.82, 2.24) is 0 Å². The number of hydrogen-bond acceptors (Lipinski definition) is 4. The summed E-state index contributed by atoms with van der Waals surface area (Å²) in [7, 11) is 0. The molecule has 1 atom stereocenters. The summed E-state index contributed by atoms with van der Waals surface area (Å²) in [5.41, 5.74) is 0.298. The van der Waals surface area contributed by atoms with Gasteiger partial charge in [-0.25, -0.2) is 0 Å². The Hall–Kier alpha value is -2.10. The Morgan fingerprint density at radius 1 is 1.17 bits per heavy atom. The van der Waals surface area contributed by atoms with Crippen LogP contribution >= 0.6 is 0 Å². The minimum Gasteiger partial charge on any atom is -0.488 e. The molecule has 0 aromatic heterocycles. The van der Waals surface area contributed by atoms with Gasteiger partial charge >= 0.3 is 0 Å². The van der Waals surface area contributed by atoms with Crippen molar-refractivity contribution in [2.75, 3.05) is 11.9 Å². The maximum absolute atomic E-state index is 11.5. The second kappa shape index (κ2) is 5.04. The molecule has 2 rings (SSSR count). The minimum absolute atomic E-state index is 0.0475. The summed E-state index contributed by atoms with van der Waals surface area (Å²) >= 11 is 0. The van der Waals surface area contributed by atoms with E-state index in [2.05, 4.69) is 5.32 Å². The van der Waals surface area contributed by atoms with Crippen LogP contribution in [0.4, 0.5) is 5.69 Å². The average Bonchev–Trinajstić information content (AvgIpc) is 2.43. The van der Waals surface area contributed by atoms with Crippen molar-refractivity contribution in [3.8, 4) is 5.75 Å². The SMILES string of the molecule is CCOc1c(N[C@H](C)c2ccccc2)c(=O)c1=O. The lowest BCUT2D eigenvalue weighted by molar-refractivity contribution is 0.334. The summed E-state index contributed by atoms with van der Waals surface area (Å²) in [6.07, 6.45) is 0. The molecule has 0 spiro atoms. The van der Waals surface area contributed by atoms with Gasteiger partial charge in [0.15, 0.2) is 5.75 Å². The molecule has 0 aliphatic heterocycles. The lowest BCUT2D eigenvalue weighted by Crippen LogP contribution is -2.36. The Kier molecular flexibility index (Phi) is 3.46. The molecule has 0 aliphatic rings. The first-order chi connectivity index (χ1) is 8.65. The number of rotatable bonds is 5. The van der Waals surface area contributed by atoms with Crippen molar-refractivity contribution in [2.24, 2.45) is 0 Å². The van der Waals surface area contributed by atoms with Crippen molar-refractivity contribution in [3.63, 3.8) is 0 Å². The molecular weight excluding hydrogens is 230 g/mol. The predicted octanol–water partition coefficient (Wildman–Crippen LogP) is 1.85. The number of ether oxygens (including phenoxy) is 1. The molecular formula is C14H15NO3. The smallest absolute Gasteiger partial charge is 0.272 e. The van der Waals surface area contributed by atoms with E-state index in [0.29, 0.717) is 12.3 Å². The Labute approximate surface area is 105 Å². The fourth-order valence-electron chi connectivity index (χ4n) is 1.83. The van der Waals surface area contributed by atoms with E-state index in [9.17, 15) is 9.59 Å². The van der Waals surface area contributed by atoms with Crippen LogP contribution in [-0.2, 0) is 0 Å². The van der Waals surface area contributed by atoms with Crippen LogP contribution in [0.2, 0.25) is 0 Å². The van der Waals surface area contributed by atoms with Gasteiger partial charge in [0.25, 0.3) is 10.9 Å². The minimum atomic E-state index is -0.542. The van der Waals surface area contributed by atoms with Gasteiger partial charge in [0.05, 0.1) is 6.61 Å². The quantitative estimate of drug-likeness (QED) is 0.817. The maximum Gasteiger partial charge on any atom is 0.272 e. The van der Waals surface area contributed by atoms with E-state index >= 15 is 0 Å². The second-order valence-electron chi connectivity index (χ2n) is 4.07. The normalized spacial score (nSPS) is 12.3. The van der Waals surface area contributed by atoms with E-state index in [0.717, 1.165) is 5.56 Å². The Bertz CT molecular complexity index is 597. The zero-order valence-corrected chi connectivity index (χ0v) is 10.4. The predicted molar refractivity (Wildman–Crippen MR) is 71.0 cm³/mol. The van der Waals surface area contributed by atoms with Crippen LogP contribution in [0.1, 0.15) is 25.5 Å². The molecule has 1 N–H and O–H groups in total. The maximum atomic E-state index is 11.5. The Morgan fingerprint density at radius 2 is 1.83 bits per heavy atom. The molecule has 0 saturated heterocycles. The highest BCUT2D eigenvalue weighted by Crippen LogP contribution is 2.23. The molecule has 0 amide bonds. The van der Waals surface area contributed by atoms with Crippen LogP contribution in [0.3, 0.4) is 0 Å². The molecule has 18 heavy (non-hydrogen) atoms.